The summed E-state index contributed by atoms with van der Waals surface area (Å²) in [6, 6.07) is 11.7. The summed E-state index contributed by atoms with van der Waals surface area (Å²) in [7, 11) is 1.66. The summed E-state index contributed by atoms with van der Waals surface area (Å²) in [5.74, 6) is 1.21. The lowest BCUT2D eigenvalue weighted by Gasteiger charge is -2.11. The van der Waals surface area contributed by atoms with E-state index in [9.17, 15) is 4.79 Å². The Morgan fingerprint density at radius 1 is 0.852 bits per heavy atom. The number of methoxy groups -OCH3 is 1. The standard InChI is InChI=1S/C21H26O6/c1-16(2)21(22)27-15-13-25-11-10-24-12-14-26-20-9-5-6-17-18(20)7-4-8-19(17)23-3/h4-9H,1,10-15H2,2-3H3. The molecule has 2 aromatic rings. The molecule has 6 nitrogen and oxygen atoms in total. The molecule has 0 aliphatic rings. The van der Waals surface area contributed by atoms with Gasteiger partial charge in [0.05, 0.1) is 33.5 Å². The largest absolute Gasteiger partial charge is 0.496 e. The molecule has 0 aliphatic carbocycles. The maximum absolute atomic E-state index is 11.2. The summed E-state index contributed by atoms with van der Waals surface area (Å²) in [5.41, 5.74) is 0.378. The number of esters is 1. The first-order chi connectivity index (χ1) is 13.1. The van der Waals surface area contributed by atoms with E-state index >= 15 is 0 Å². The Bertz CT molecular complexity index is 755. The molecule has 0 radical (unpaired) electrons. The lowest BCUT2D eigenvalue weighted by atomic mass is 10.1. The van der Waals surface area contributed by atoms with E-state index < -0.39 is 5.97 Å². The molecule has 0 aliphatic heterocycles. The highest BCUT2D eigenvalue weighted by Gasteiger charge is 2.06. The number of ether oxygens (including phenoxy) is 5. The van der Waals surface area contributed by atoms with Gasteiger partial charge in [-0.2, -0.15) is 0 Å². The van der Waals surface area contributed by atoms with Gasteiger partial charge in [-0.15, -0.1) is 0 Å². The molecule has 0 saturated heterocycles. The molecule has 0 atom stereocenters. The Labute approximate surface area is 159 Å². The minimum Gasteiger partial charge on any atom is -0.496 e. The number of rotatable bonds is 12. The second kappa shape index (κ2) is 11.2. The minimum absolute atomic E-state index is 0.208. The van der Waals surface area contributed by atoms with Gasteiger partial charge in [-0.3, -0.25) is 0 Å². The van der Waals surface area contributed by atoms with E-state index in [0.29, 0.717) is 38.6 Å². The smallest absolute Gasteiger partial charge is 0.333 e. The Morgan fingerprint density at radius 2 is 1.41 bits per heavy atom. The second-order valence-corrected chi connectivity index (χ2v) is 5.80. The van der Waals surface area contributed by atoms with Gasteiger partial charge < -0.3 is 23.7 Å². The van der Waals surface area contributed by atoms with Crippen LogP contribution in [0, 0.1) is 0 Å². The zero-order chi connectivity index (χ0) is 19.5. The van der Waals surface area contributed by atoms with Crippen molar-refractivity contribution in [3.8, 4) is 11.5 Å². The molecule has 0 heterocycles. The van der Waals surface area contributed by atoms with Crippen molar-refractivity contribution in [3.05, 3.63) is 48.6 Å². The van der Waals surface area contributed by atoms with Crippen LogP contribution in [0.1, 0.15) is 6.92 Å². The minimum atomic E-state index is -0.405. The number of carbonyl (C=O) groups is 1. The van der Waals surface area contributed by atoms with Crippen LogP contribution in [0.4, 0.5) is 0 Å². The second-order valence-electron chi connectivity index (χ2n) is 5.80. The first-order valence-electron chi connectivity index (χ1n) is 8.80. The third kappa shape index (κ3) is 6.58. The molecule has 0 unspecified atom stereocenters. The molecule has 0 amide bonds. The first kappa shape index (κ1) is 20.7. The van der Waals surface area contributed by atoms with Crippen molar-refractivity contribution in [2.45, 2.75) is 6.92 Å². The van der Waals surface area contributed by atoms with Crippen LogP contribution in [0.3, 0.4) is 0 Å². The Kier molecular flexibility index (Phi) is 8.61. The quantitative estimate of drug-likeness (QED) is 0.322. The maximum Gasteiger partial charge on any atom is 0.333 e. The zero-order valence-electron chi connectivity index (χ0n) is 15.9. The average Bonchev–Trinajstić information content (AvgIpc) is 2.68. The Balaban J connectivity index is 1.61. The summed E-state index contributed by atoms with van der Waals surface area (Å²) in [6.45, 7) is 7.41. The van der Waals surface area contributed by atoms with Crippen molar-refractivity contribution < 1.29 is 28.5 Å². The van der Waals surface area contributed by atoms with E-state index in [2.05, 4.69) is 6.58 Å². The van der Waals surface area contributed by atoms with Crippen molar-refractivity contribution in [3.63, 3.8) is 0 Å². The molecule has 0 N–H and O–H groups in total. The third-order valence-corrected chi connectivity index (χ3v) is 3.73. The van der Waals surface area contributed by atoms with Crippen molar-refractivity contribution >= 4 is 16.7 Å². The van der Waals surface area contributed by atoms with E-state index in [1.165, 1.54) is 0 Å². The predicted octanol–water partition coefficient (Wildman–Crippen LogP) is 3.38. The lowest BCUT2D eigenvalue weighted by molar-refractivity contribution is -0.140. The fraction of sp³-hybridized carbons (Fsp3) is 0.381. The van der Waals surface area contributed by atoms with Crippen LogP contribution < -0.4 is 9.47 Å². The van der Waals surface area contributed by atoms with Crippen LogP contribution in [0.25, 0.3) is 10.8 Å². The van der Waals surface area contributed by atoms with Crippen molar-refractivity contribution in [1.82, 2.24) is 0 Å². The fourth-order valence-corrected chi connectivity index (χ4v) is 2.41. The van der Waals surface area contributed by atoms with Crippen LogP contribution >= 0.6 is 0 Å². The van der Waals surface area contributed by atoms with Gasteiger partial charge in [0.25, 0.3) is 0 Å². The Hall–Kier alpha value is -2.57. The van der Waals surface area contributed by atoms with E-state index in [4.69, 9.17) is 23.7 Å². The highest BCUT2D eigenvalue weighted by Crippen LogP contribution is 2.31. The molecule has 27 heavy (non-hydrogen) atoms. The molecule has 0 aromatic heterocycles. The number of fused-ring (bicyclic) bond motifs is 1. The summed E-state index contributed by atoms with van der Waals surface area (Å²) >= 11 is 0. The average molecular weight is 374 g/mol. The van der Waals surface area contributed by atoms with E-state index in [1.807, 2.05) is 36.4 Å². The molecule has 0 bridgehead atoms. The molecule has 6 heteroatoms. The van der Waals surface area contributed by atoms with Gasteiger partial charge in [0, 0.05) is 16.3 Å². The molecular weight excluding hydrogens is 348 g/mol. The van der Waals surface area contributed by atoms with Gasteiger partial charge in [-0.25, -0.2) is 4.79 Å². The van der Waals surface area contributed by atoms with Crippen LogP contribution in [-0.2, 0) is 19.0 Å². The summed E-state index contributed by atoms with van der Waals surface area (Å²) in [5, 5.41) is 2.02. The SMILES string of the molecule is C=C(C)C(=O)OCCOCCOCCOc1cccc2c(OC)cccc12. The Morgan fingerprint density at radius 3 is 2.04 bits per heavy atom. The molecule has 0 saturated carbocycles. The van der Waals surface area contributed by atoms with Crippen molar-refractivity contribution in [2.24, 2.45) is 0 Å². The van der Waals surface area contributed by atoms with Gasteiger partial charge in [0.15, 0.2) is 0 Å². The van der Waals surface area contributed by atoms with Crippen LogP contribution in [0.2, 0.25) is 0 Å². The van der Waals surface area contributed by atoms with E-state index in [-0.39, 0.29) is 6.61 Å². The van der Waals surface area contributed by atoms with Crippen molar-refractivity contribution in [2.75, 3.05) is 46.8 Å². The molecule has 146 valence electrons. The number of benzene rings is 2. The van der Waals surface area contributed by atoms with E-state index in [0.717, 1.165) is 22.3 Å². The van der Waals surface area contributed by atoms with Gasteiger partial charge in [-0.05, 0) is 19.1 Å². The molecule has 2 rings (SSSR count). The molecule has 0 fully saturated rings. The summed E-state index contributed by atoms with van der Waals surface area (Å²) < 4.78 is 26.9. The van der Waals surface area contributed by atoms with Gasteiger partial charge in [-0.1, -0.05) is 30.8 Å². The third-order valence-electron chi connectivity index (χ3n) is 3.73. The zero-order valence-corrected chi connectivity index (χ0v) is 15.9. The van der Waals surface area contributed by atoms with E-state index in [1.54, 1.807) is 14.0 Å². The summed E-state index contributed by atoms with van der Waals surface area (Å²) in [6.07, 6.45) is 0. The van der Waals surface area contributed by atoms with Gasteiger partial charge in [0.1, 0.15) is 24.7 Å². The highest BCUT2D eigenvalue weighted by molar-refractivity contribution is 5.93. The number of hydrogen-bond acceptors (Lipinski definition) is 6. The van der Waals surface area contributed by atoms with Gasteiger partial charge >= 0.3 is 5.97 Å². The number of carbonyl (C=O) groups excluding carboxylic acids is 1. The summed E-state index contributed by atoms with van der Waals surface area (Å²) in [4.78, 5) is 11.2. The number of hydrogen-bond donors (Lipinski definition) is 0. The lowest BCUT2D eigenvalue weighted by Crippen LogP contribution is -2.14. The van der Waals surface area contributed by atoms with Crippen LogP contribution in [0.5, 0.6) is 11.5 Å². The monoisotopic (exact) mass is 374 g/mol. The van der Waals surface area contributed by atoms with Crippen molar-refractivity contribution in [1.29, 1.82) is 0 Å². The highest BCUT2D eigenvalue weighted by atomic mass is 16.6. The van der Waals surface area contributed by atoms with Crippen LogP contribution in [0.15, 0.2) is 48.6 Å². The van der Waals surface area contributed by atoms with Crippen LogP contribution in [-0.4, -0.2) is 52.7 Å². The fourth-order valence-electron chi connectivity index (χ4n) is 2.41. The first-order valence-corrected chi connectivity index (χ1v) is 8.80. The maximum atomic E-state index is 11.2. The molecular formula is C21H26O6. The van der Waals surface area contributed by atoms with Gasteiger partial charge in [0.2, 0.25) is 0 Å². The normalized spacial score (nSPS) is 10.6. The topological polar surface area (TPSA) is 63.2 Å². The molecule has 0 spiro atoms. The molecule has 2 aromatic carbocycles. The predicted molar refractivity (Wildman–Crippen MR) is 103 cm³/mol.